The van der Waals surface area contributed by atoms with E-state index in [2.05, 4.69) is 23.3 Å². The second kappa shape index (κ2) is 11.0. The third kappa shape index (κ3) is 6.91. The summed E-state index contributed by atoms with van der Waals surface area (Å²) in [6, 6.07) is 11.4. The summed E-state index contributed by atoms with van der Waals surface area (Å²) >= 11 is 4.28. The molecule has 1 aliphatic carbocycles. The number of thiol groups is 1. The summed E-state index contributed by atoms with van der Waals surface area (Å²) in [4.78, 5) is 41.3. The fourth-order valence-corrected chi connectivity index (χ4v) is 3.98. The highest BCUT2D eigenvalue weighted by Crippen LogP contribution is 2.38. The zero-order valence-electron chi connectivity index (χ0n) is 20.4. The minimum atomic E-state index is -1.11. The molecule has 2 atom stereocenters. The van der Waals surface area contributed by atoms with Crippen LogP contribution in [0.3, 0.4) is 0 Å². The van der Waals surface area contributed by atoms with Crippen LogP contribution in [-0.2, 0) is 14.3 Å². The van der Waals surface area contributed by atoms with Gasteiger partial charge in [0.15, 0.2) is 0 Å². The maximum absolute atomic E-state index is 13.8. The number of rotatable bonds is 8. The van der Waals surface area contributed by atoms with Crippen molar-refractivity contribution in [3.63, 3.8) is 0 Å². The highest BCUT2D eigenvalue weighted by atomic mass is 32.1. The molecule has 0 saturated heterocycles. The van der Waals surface area contributed by atoms with Crippen LogP contribution in [0.1, 0.15) is 50.8 Å². The molecule has 3 N–H and O–H groups in total. The number of nitrogens with one attached hydrogen (secondary N) is 2. The summed E-state index contributed by atoms with van der Waals surface area (Å²) in [5.74, 6) is -1.02. The van der Waals surface area contributed by atoms with Gasteiger partial charge in [0, 0.05) is 23.0 Å². The van der Waals surface area contributed by atoms with E-state index in [9.17, 15) is 19.5 Å². The molecule has 188 valence electrons. The average Bonchev–Trinajstić information content (AvgIpc) is 3.61. The standard InChI is InChI=1S/C26H33N3O5S/c1-16-9-5-7-11-19(16)27-23(31)22(18-10-6-8-12-21(18)30)29(17-13-14-17)24(32)20(15-35)28-25(33)34-26(2,3)4/h5-12,17,20,22,30,35H,13-15H2,1-4H3,(H,27,31)(H,28,33). The Bertz CT molecular complexity index is 1080. The zero-order valence-corrected chi connectivity index (χ0v) is 21.3. The maximum Gasteiger partial charge on any atom is 0.408 e. The number of hydrogen-bond donors (Lipinski definition) is 4. The van der Waals surface area contributed by atoms with Crippen molar-refractivity contribution in [3.05, 3.63) is 59.7 Å². The number of aryl methyl sites for hydroxylation is 1. The van der Waals surface area contributed by atoms with E-state index in [4.69, 9.17) is 4.74 Å². The fourth-order valence-electron chi connectivity index (χ4n) is 3.74. The molecule has 2 aromatic carbocycles. The Hall–Kier alpha value is -3.20. The lowest BCUT2D eigenvalue weighted by Gasteiger charge is -2.34. The Balaban J connectivity index is 1.96. The molecule has 0 aromatic heterocycles. The van der Waals surface area contributed by atoms with Crippen LogP contribution in [-0.4, -0.2) is 51.4 Å². The van der Waals surface area contributed by atoms with E-state index >= 15 is 0 Å². The molecule has 0 aliphatic heterocycles. The number of hydrogen-bond acceptors (Lipinski definition) is 6. The molecule has 0 radical (unpaired) electrons. The topological polar surface area (TPSA) is 108 Å². The summed E-state index contributed by atoms with van der Waals surface area (Å²) in [6.07, 6.45) is 0.669. The lowest BCUT2D eigenvalue weighted by atomic mass is 10.0. The first-order valence-electron chi connectivity index (χ1n) is 11.6. The third-order valence-electron chi connectivity index (χ3n) is 5.53. The molecule has 1 aliphatic rings. The van der Waals surface area contributed by atoms with E-state index in [-0.39, 0.29) is 17.5 Å². The molecule has 8 nitrogen and oxygen atoms in total. The molecule has 1 saturated carbocycles. The zero-order chi connectivity index (χ0) is 25.8. The van der Waals surface area contributed by atoms with Crippen LogP contribution in [0, 0.1) is 6.92 Å². The molecule has 1 fully saturated rings. The number of benzene rings is 2. The van der Waals surface area contributed by atoms with Crippen LogP contribution < -0.4 is 10.6 Å². The molecule has 0 spiro atoms. The first-order valence-corrected chi connectivity index (χ1v) is 12.2. The Labute approximate surface area is 211 Å². The van der Waals surface area contributed by atoms with Gasteiger partial charge < -0.3 is 25.4 Å². The predicted molar refractivity (Wildman–Crippen MR) is 138 cm³/mol. The molecule has 9 heteroatoms. The summed E-state index contributed by atoms with van der Waals surface area (Å²) in [6.45, 7) is 7.05. The Morgan fingerprint density at radius 1 is 1.11 bits per heavy atom. The van der Waals surface area contributed by atoms with Crippen molar-refractivity contribution < 1.29 is 24.2 Å². The van der Waals surface area contributed by atoms with Gasteiger partial charge >= 0.3 is 6.09 Å². The Kier molecular flexibility index (Phi) is 8.32. The van der Waals surface area contributed by atoms with Gasteiger partial charge in [-0.05, 0) is 58.2 Å². The monoisotopic (exact) mass is 499 g/mol. The molecule has 0 bridgehead atoms. The van der Waals surface area contributed by atoms with Crippen LogP contribution >= 0.6 is 12.6 Å². The van der Waals surface area contributed by atoms with Gasteiger partial charge in [-0.1, -0.05) is 36.4 Å². The summed E-state index contributed by atoms with van der Waals surface area (Å²) in [7, 11) is 0. The van der Waals surface area contributed by atoms with E-state index in [0.717, 1.165) is 5.56 Å². The first-order chi connectivity index (χ1) is 16.5. The maximum atomic E-state index is 13.8. The number of phenols is 1. The number of aromatic hydroxyl groups is 1. The van der Waals surface area contributed by atoms with Crippen molar-refractivity contribution in [1.82, 2.24) is 10.2 Å². The molecule has 0 heterocycles. The lowest BCUT2D eigenvalue weighted by molar-refractivity contribution is -0.141. The van der Waals surface area contributed by atoms with Crippen LogP contribution in [0.25, 0.3) is 0 Å². The Morgan fingerprint density at radius 3 is 2.31 bits per heavy atom. The molecule has 2 aromatic rings. The second-order valence-corrected chi connectivity index (χ2v) is 9.99. The van der Waals surface area contributed by atoms with Gasteiger partial charge in [-0.3, -0.25) is 9.59 Å². The number of carbonyl (C=O) groups is 3. The largest absolute Gasteiger partial charge is 0.508 e. The highest BCUT2D eigenvalue weighted by molar-refractivity contribution is 7.80. The minimum Gasteiger partial charge on any atom is -0.508 e. The average molecular weight is 500 g/mol. The lowest BCUT2D eigenvalue weighted by Crippen LogP contribution is -2.54. The molecule has 35 heavy (non-hydrogen) atoms. The highest BCUT2D eigenvalue weighted by Gasteiger charge is 2.44. The predicted octanol–water partition coefficient (Wildman–Crippen LogP) is 4.19. The number of alkyl carbamates (subject to hydrolysis) is 1. The van der Waals surface area contributed by atoms with Gasteiger partial charge in [-0.15, -0.1) is 0 Å². The first kappa shape index (κ1) is 26.4. The van der Waals surface area contributed by atoms with E-state index < -0.39 is 35.6 Å². The SMILES string of the molecule is Cc1ccccc1NC(=O)C(c1ccccc1O)N(C(=O)C(CS)NC(=O)OC(C)(C)C)C1CC1. The van der Waals surface area contributed by atoms with Gasteiger partial charge in [0.1, 0.15) is 23.4 Å². The molecular formula is C26H33N3O5S. The van der Waals surface area contributed by atoms with Crippen molar-refractivity contribution in [2.45, 2.75) is 64.3 Å². The molecule has 2 unspecified atom stereocenters. The molecule has 3 rings (SSSR count). The number of anilines is 1. The summed E-state index contributed by atoms with van der Waals surface area (Å²) in [5.41, 5.74) is 1.03. The number of amides is 3. The number of nitrogens with zero attached hydrogens (tertiary/aromatic N) is 1. The van der Waals surface area contributed by atoms with E-state index in [0.29, 0.717) is 24.1 Å². The number of para-hydroxylation sites is 2. The second-order valence-electron chi connectivity index (χ2n) is 9.62. The number of carbonyl (C=O) groups excluding carboxylic acids is 3. The smallest absolute Gasteiger partial charge is 0.408 e. The summed E-state index contributed by atoms with van der Waals surface area (Å²) in [5, 5.41) is 16.1. The van der Waals surface area contributed by atoms with E-state index in [1.54, 1.807) is 45.0 Å². The van der Waals surface area contributed by atoms with Crippen molar-refractivity contribution in [2.75, 3.05) is 11.1 Å². The number of ether oxygens (including phenoxy) is 1. The van der Waals surface area contributed by atoms with Gasteiger partial charge in [-0.2, -0.15) is 12.6 Å². The van der Waals surface area contributed by atoms with Gasteiger partial charge in [0.25, 0.3) is 5.91 Å². The van der Waals surface area contributed by atoms with Crippen molar-refractivity contribution >= 4 is 36.2 Å². The molecular weight excluding hydrogens is 466 g/mol. The Morgan fingerprint density at radius 2 is 1.74 bits per heavy atom. The van der Waals surface area contributed by atoms with Gasteiger partial charge in [0.05, 0.1) is 0 Å². The summed E-state index contributed by atoms with van der Waals surface area (Å²) < 4.78 is 5.31. The van der Waals surface area contributed by atoms with Crippen LogP contribution in [0.4, 0.5) is 10.5 Å². The van der Waals surface area contributed by atoms with Crippen molar-refractivity contribution in [1.29, 1.82) is 0 Å². The normalized spacial score (nSPS) is 15.0. The van der Waals surface area contributed by atoms with Crippen LogP contribution in [0.15, 0.2) is 48.5 Å². The van der Waals surface area contributed by atoms with Crippen molar-refractivity contribution in [2.24, 2.45) is 0 Å². The van der Waals surface area contributed by atoms with E-state index in [1.165, 1.54) is 11.0 Å². The minimum absolute atomic E-state index is 0.00814. The van der Waals surface area contributed by atoms with Gasteiger partial charge in [0.2, 0.25) is 5.91 Å². The van der Waals surface area contributed by atoms with Crippen LogP contribution in [0.2, 0.25) is 0 Å². The van der Waals surface area contributed by atoms with E-state index in [1.807, 2.05) is 25.1 Å². The number of phenolic OH excluding ortho intramolecular Hbond substituents is 1. The quantitative estimate of drug-likeness (QED) is 0.407. The molecule has 3 amide bonds. The van der Waals surface area contributed by atoms with Crippen LogP contribution in [0.5, 0.6) is 5.75 Å². The third-order valence-corrected chi connectivity index (χ3v) is 5.89. The van der Waals surface area contributed by atoms with Gasteiger partial charge in [-0.25, -0.2) is 4.79 Å². The fraction of sp³-hybridized carbons (Fsp3) is 0.423. The van der Waals surface area contributed by atoms with Crippen molar-refractivity contribution in [3.8, 4) is 5.75 Å².